The van der Waals surface area contributed by atoms with Gasteiger partial charge in [0, 0.05) is 0 Å². The Bertz CT molecular complexity index is 213. The van der Waals surface area contributed by atoms with E-state index in [4.69, 9.17) is 11.6 Å². The highest BCUT2D eigenvalue weighted by Gasteiger charge is 2.09. The van der Waals surface area contributed by atoms with Crippen LogP contribution in [0.25, 0.3) is 0 Å². The van der Waals surface area contributed by atoms with Crippen LogP contribution in [0.5, 0.6) is 0 Å². The molecule has 0 radical (unpaired) electrons. The van der Waals surface area contributed by atoms with Crippen LogP contribution in [-0.4, -0.2) is 11.1 Å². The molecular weight excluding hydrogens is 187 g/mol. The molecule has 1 heterocycles. The first kappa shape index (κ1) is 8.48. The number of halogens is 1. The standard InChI is InChI=1S/C6H8ClOPS/c1-2-9(8)6-5(7)3-4-10-6/h3-4,8H,2H2,1H3. The lowest BCUT2D eigenvalue weighted by Crippen LogP contribution is -1.95. The van der Waals surface area contributed by atoms with Crippen molar-refractivity contribution in [3.63, 3.8) is 0 Å². The Morgan fingerprint density at radius 2 is 2.50 bits per heavy atom. The van der Waals surface area contributed by atoms with E-state index in [2.05, 4.69) is 0 Å². The molecule has 0 saturated heterocycles. The number of hydrogen-bond acceptors (Lipinski definition) is 2. The van der Waals surface area contributed by atoms with E-state index in [0.717, 1.165) is 10.8 Å². The van der Waals surface area contributed by atoms with Gasteiger partial charge in [0.05, 0.1) is 17.8 Å². The van der Waals surface area contributed by atoms with Crippen LogP contribution in [-0.2, 0) is 0 Å². The lowest BCUT2D eigenvalue weighted by atomic mass is 10.7. The smallest absolute Gasteiger partial charge is 0.0731 e. The number of rotatable bonds is 2. The highest BCUT2D eigenvalue weighted by Crippen LogP contribution is 2.34. The van der Waals surface area contributed by atoms with Crippen LogP contribution < -0.4 is 4.62 Å². The molecule has 56 valence electrons. The summed E-state index contributed by atoms with van der Waals surface area (Å²) in [6, 6.07) is 1.82. The van der Waals surface area contributed by atoms with Gasteiger partial charge in [0.25, 0.3) is 0 Å². The molecule has 0 amide bonds. The van der Waals surface area contributed by atoms with E-state index in [1.54, 1.807) is 0 Å². The van der Waals surface area contributed by atoms with Gasteiger partial charge >= 0.3 is 0 Å². The monoisotopic (exact) mass is 194 g/mol. The molecule has 1 aromatic heterocycles. The van der Waals surface area contributed by atoms with Crippen LogP contribution >= 0.6 is 31.1 Å². The molecule has 0 aliphatic rings. The third kappa shape index (κ3) is 1.70. The fourth-order valence-corrected chi connectivity index (χ4v) is 3.36. The molecule has 1 atom stereocenters. The van der Waals surface area contributed by atoms with E-state index in [1.807, 2.05) is 18.4 Å². The van der Waals surface area contributed by atoms with E-state index in [9.17, 15) is 4.89 Å². The van der Waals surface area contributed by atoms with Crippen LogP contribution in [0.4, 0.5) is 0 Å². The number of hydrogen-bond donors (Lipinski definition) is 1. The third-order valence-corrected chi connectivity index (χ3v) is 4.66. The molecule has 1 aromatic rings. The van der Waals surface area contributed by atoms with Gasteiger partial charge in [-0.2, -0.15) is 0 Å². The summed E-state index contributed by atoms with van der Waals surface area (Å²) in [6.07, 6.45) is 0.787. The lowest BCUT2D eigenvalue weighted by molar-refractivity contribution is 0.636. The summed E-state index contributed by atoms with van der Waals surface area (Å²) in [5.74, 6) is 0. The molecule has 1 nitrogen and oxygen atoms in total. The Morgan fingerprint density at radius 3 is 2.90 bits per heavy atom. The largest absolute Gasteiger partial charge is 0.368 e. The first-order valence-electron chi connectivity index (χ1n) is 2.95. The molecule has 0 fully saturated rings. The SMILES string of the molecule is CCP(O)c1sccc1Cl. The second-order valence-electron chi connectivity index (χ2n) is 1.79. The molecule has 0 aliphatic carbocycles. The van der Waals surface area contributed by atoms with E-state index >= 15 is 0 Å². The first-order valence-corrected chi connectivity index (χ1v) is 5.69. The van der Waals surface area contributed by atoms with Crippen molar-refractivity contribution in [3.8, 4) is 0 Å². The molecular formula is C6H8ClOPS. The van der Waals surface area contributed by atoms with Crippen molar-refractivity contribution < 1.29 is 4.89 Å². The van der Waals surface area contributed by atoms with Crippen molar-refractivity contribution >= 4 is 35.7 Å². The minimum absolute atomic E-state index is 0.709. The van der Waals surface area contributed by atoms with Gasteiger partial charge in [0.15, 0.2) is 0 Å². The van der Waals surface area contributed by atoms with Crippen molar-refractivity contribution in [2.24, 2.45) is 0 Å². The Kier molecular flexibility index (Phi) is 3.12. The Morgan fingerprint density at radius 1 is 1.80 bits per heavy atom. The molecule has 0 saturated carbocycles. The van der Waals surface area contributed by atoms with E-state index in [1.165, 1.54) is 11.3 Å². The highest BCUT2D eigenvalue weighted by atomic mass is 35.5. The first-order chi connectivity index (χ1) is 4.75. The second kappa shape index (κ2) is 3.68. The molecule has 10 heavy (non-hydrogen) atoms. The van der Waals surface area contributed by atoms with Gasteiger partial charge in [-0.25, -0.2) is 0 Å². The maximum atomic E-state index is 9.39. The van der Waals surface area contributed by atoms with Crippen molar-refractivity contribution in [3.05, 3.63) is 16.5 Å². The molecule has 0 bridgehead atoms. The summed E-state index contributed by atoms with van der Waals surface area (Å²) in [5.41, 5.74) is 0. The zero-order chi connectivity index (χ0) is 7.56. The molecule has 4 heteroatoms. The molecule has 0 spiro atoms. The summed E-state index contributed by atoms with van der Waals surface area (Å²) >= 11 is 7.31. The average Bonchev–Trinajstić information content (AvgIpc) is 2.34. The van der Waals surface area contributed by atoms with Crippen molar-refractivity contribution in [2.45, 2.75) is 6.92 Å². The van der Waals surface area contributed by atoms with Gasteiger partial charge in [-0.3, -0.25) is 0 Å². The predicted molar refractivity (Wildman–Crippen MR) is 48.6 cm³/mol. The maximum absolute atomic E-state index is 9.39. The van der Waals surface area contributed by atoms with Crippen molar-refractivity contribution in [2.75, 3.05) is 6.16 Å². The van der Waals surface area contributed by atoms with Crippen LogP contribution in [0, 0.1) is 0 Å². The van der Waals surface area contributed by atoms with Gasteiger partial charge in [-0.05, 0) is 17.6 Å². The summed E-state index contributed by atoms with van der Waals surface area (Å²) in [4.78, 5) is 9.39. The minimum atomic E-state index is -0.971. The van der Waals surface area contributed by atoms with E-state index in [-0.39, 0.29) is 0 Å². The molecule has 1 rings (SSSR count). The molecule has 0 aromatic carbocycles. The summed E-state index contributed by atoms with van der Waals surface area (Å²) < 4.78 is 0.944. The highest BCUT2D eigenvalue weighted by molar-refractivity contribution is 7.67. The topological polar surface area (TPSA) is 20.2 Å². The fourth-order valence-electron chi connectivity index (χ4n) is 0.614. The second-order valence-corrected chi connectivity index (χ2v) is 5.29. The van der Waals surface area contributed by atoms with Gasteiger partial charge in [0.2, 0.25) is 0 Å². The van der Waals surface area contributed by atoms with Crippen LogP contribution in [0.1, 0.15) is 6.92 Å². The third-order valence-electron chi connectivity index (χ3n) is 1.13. The lowest BCUT2D eigenvalue weighted by Gasteiger charge is -2.03. The summed E-state index contributed by atoms with van der Waals surface area (Å²) in [6.45, 7) is 1.96. The van der Waals surface area contributed by atoms with Crippen LogP contribution in [0.3, 0.4) is 0 Å². The Hall–Kier alpha value is 0.380. The van der Waals surface area contributed by atoms with Crippen molar-refractivity contribution in [1.82, 2.24) is 0 Å². The predicted octanol–water partition coefficient (Wildman–Crippen LogP) is 2.44. The quantitative estimate of drug-likeness (QED) is 0.717. The Labute approximate surface area is 70.5 Å². The molecule has 1 N–H and O–H groups in total. The maximum Gasteiger partial charge on any atom is 0.0731 e. The minimum Gasteiger partial charge on any atom is -0.368 e. The fraction of sp³-hybridized carbons (Fsp3) is 0.333. The van der Waals surface area contributed by atoms with Gasteiger partial charge in [-0.15, -0.1) is 11.3 Å². The van der Waals surface area contributed by atoms with Crippen LogP contribution in [0.15, 0.2) is 11.4 Å². The van der Waals surface area contributed by atoms with E-state index < -0.39 is 8.15 Å². The van der Waals surface area contributed by atoms with Gasteiger partial charge in [-0.1, -0.05) is 18.5 Å². The molecule has 0 aliphatic heterocycles. The van der Waals surface area contributed by atoms with Crippen LogP contribution in [0.2, 0.25) is 5.02 Å². The summed E-state index contributed by atoms with van der Waals surface area (Å²) in [7, 11) is -0.971. The summed E-state index contributed by atoms with van der Waals surface area (Å²) in [5, 5.41) is 2.61. The average molecular weight is 195 g/mol. The van der Waals surface area contributed by atoms with E-state index in [0.29, 0.717) is 5.02 Å². The zero-order valence-electron chi connectivity index (χ0n) is 5.54. The van der Waals surface area contributed by atoms with Gasteiger partial charge in [0.1, 0.15) is 0 Å². The zero-order valence-corrected chi connectivity index (χ0v) is 8.01. The Balaban J connectivity index is 2.82. The van der Waals surface area contributed by atoms with Crippen molar-refractivity contribution in [1.29, 1.82) is 0 Å². The number of thiophene rings is 1. The van der Waals surface area contributed by atoms with Gasteiger partial charge < -0.3 is 4.89 Å². The normalized spacial score (nSPS) is 13.5. The molecule has 1 unspecified atom stereocenters.